The maximum atomic E-state index is 14.1. The van der Waals surface area contributed by atoms with Gasteiger partial charge in [0.2, 0.25) is 0 Å². The molecule has 0 radical (unpaired) electrons. The number of methoxy groups -OCH3 is 1. The number of aromatic nitrogens is 1. The first-order valence-corrected chi connectivity index (χ1v) is 14.4. The van der Waals surface area contributed by atoms with Crippen molar-refractivity contribution in [2.75, 3.05) is 20.3 Å². The van der Waals surface area contributed by atoms with Crippen molar-refractivity contribution in [2.45, 2.75) is 32.7 Å². The van der Waals surface area contributed by atoms with Crippen molar-refractivity contribution in [3.63, 3.8) is 0 Å². The van der Waals surface area contributed by atoms with Crippen molar-refractivity contribution >= 4 is 50.9 Å². The summed E-state index contributed by atoms with van der Waals surface area (Å²) in [6.07, 6.45) is 4.71. The molecule has 0 unspecified atom stereocenters. The van der Waals surface area contributed by atoms with Gasteiger partial charge in [-0.3, -0.25) is 9.36 Å². The highest BCUT2D eigenvalue weighted by atomic mass is 79.9. The summed E-state index contributed by atoms with van der Waals surface area (Å²) < 4.78 is 19.7. The Morgan fingerprint density at radius 2 is 2.00 bits per heavy atom. The molecule has 0 bridgehead atoms. The number of carbonyl (C=O) groups excluding carboxylic acids is 1. The lowest BCUT2D eigenvalue weighted by atomic mass is 9.93. The Labute approximate surface area is 243 Å². The standard InChI is InChI=1S/C29H28BrClN2O5S/c1-5-8-21-25(28(35)37-7-3)26(20-16-19(31)10-12-23(20)36-4)33-27(34)24(39-29(33)32-21)15-17-14-18(30)9-11-22(17)38-13-6-2/h6,9-12,14-16,26H,2,5,7-8,13H2,1,3-4H3/b24-15+/t26-/m0/s1. The van der Waals surface area contributed by atoms with Crippen LogP contribution in [0.25, 0.3) is 6.08 Å². The smallest absolute Gasteiger partial charge is 0.338 e. The van der Waals surface area contributed by atoms with E-state index in [1.807, 2.05) is 25.1 Å². The minimum absolute atomic E-state index is 0.182. The predicted molar refractivity (Wildman–Crippen MR) is 157 cm³/mol. The van der Waals surface area contributed by atoms with Crippen LogP contribution in [0, 0.1) is 0 Å². The number of fused-ring (bicyclic) bond motifs is 1. The van der Waals surface area contributed by atoms with Gasteiger partial charge >= 0.3 is 5.97 Å². The molecule has 0 saturated carbocycles. The Morgan fingerprint density at radius 1 is 1.23 bits per heavy atom. The van der Waals surface area contributed by atoms with Crippen LogP contribution in [0.2, 0.25) is 5.02 Å². The molecule has 2 heterocycles. The van der Waals surface area contributed by atoms with Gasteiger partial charge in [0.05, 0.1) is 29.5 Å². The molecule has 7 nitrogen and oxygen atoms in total. The summed E-state index contributed by atoms with van der Waals surface area (Å²) in [5.41, 5.74) is 1.86. The molecule has 0 saturated heterocycles. The summed E-state index contributed by atoms with van der Waals surface area (Å²) in [6, 6.07) is 9.87. The fourth-order valence-corrected chi connectivity index (χ4v) is 5.96. The largest absolute Gasteiger partial charge is 0.496 e. The summed E-state index contributed by atoms with van der Waals surface area (Å²) in [5.74, 6) is 0.569. The molecule has 3 aromatic rings. The molecule has 1 atom stereocenters. The topological polar surface area (TPSA) is 79.1 Å². The van der Waals surface area contributed by atoms with Crippen molar-refractivity contribution < 1.29 is 19.0 Å². The second kappa shape index (κ2) is 12.8. The third kappa shape index (κ3) is 6.05. The lowest BCUT2D eigenvalue weighted by Gasteiger charge is -2.27. The van der Waals surface area contributed by atoms with Crippen molar-refractivity contribution in [1.29, 1.82) is 0 Å². The highest BCUT2D eigenvalue weighted by molar-refractivity contribution is 9.10. The molecule has 0 N–H and O–H groups in total. The first-order valence-electron chi connectivity index (χ1n) is 12.4. The zero-order chi connectivity index (χ0) is 28.1. The molecule has 1 aliphatic rings. The van der Waals surface area contributed by atoms with Gasteiger partial charge in [-0.25, -0.2) is 9.79 Å². The second-order valence-electron chi connectivity index (χ2n) is 8.58. The highest BCUT2D eigenvalue weighted by Crippen LogP contribution is 2.38. The molecule has 10 heteroatoms. The number of esters is 1. The number of nitrogens with zero attached hydrogens (tertiary/aromatic N) is 2. The molecule has 4 rings (SSSR count). The Hall–Kier alpha value is -3.14. The summed E-state index contributed by atoms with van der Waals surface area (Å²) in [5, 5.41) is 0.448. The fourth-order valence-electron chi connectivity index (χ4n) is 4.39. The van der Waals surface area contributed by atoms with Gasteiger partial charge in [0, 0.05) is 20.6 Å². The Bertz CT molecular complexity index is 1630. The molecular weight excluding hydrogens is 604 g/mol. The number of carbonyl (C=O) groups is 1. The van der Waals surface area contributed by atoms with Crippen LogP contribution in [0.4, 0.5) is 0 Å². The van der Waals surface area contributed by atoms with Gasteiger partial charge in [0.25, 0.3) is 5.56 Å². The van der Waals surface area contributed by atoms with E-state index < -0.39 is 12.0 Å². The molecule has 2 aromatic carbocycles. The third-order valence-corrected chi connectivity index (χ3v) is 7.70. The number of ether oxygens (including phenoxy) is 3. The molecule has 0 spiro atoms. The zero-order valence-corrected chi connectivity index (χ0v) is 25.0. The monoisotopic (exact) mass is 630 g/mol. The number of rotatable bonds is 10. The summed E-state index contributed by atoms with van der Waals surface area (Å²) in [4.78, 5) is 32.7. The van der Waals surface area contributed by atoms with Crippen LogP contribution in [-0.2, 0) is 9.53 Å². The van der Waals surface area contributed by atoms with Crippen LogP contribution in [0.15, 0.2) is 74.6 Å². The van der Waals surface area contributed by atoms with Crippen LogP contribution in [-0.4, -0.2) is 30.9 Å². The normalized spacial score (nSPS) is 15.0. The number of thiazole rings is 1. The van der Waals surface area contributed by atoms with Gasteiger partial charge in [0.15, 0.2) is 4.80 Å². The second-order valence-corrected chi connectivity index (χ2v) is 10.9. The molecular formula is C29H28BrClN2O5S. The number of hydrogen-bond donors (Lipinski definition) is 0. The summed E-state index contributed by atoms with van der Waals surface area (Å²) >= 11 is 11.2. The third-order valence-electron chi connectivity index (χ3n) is 5.99. The first-order chi connectivity index (χ1) is 18.8. The van der Waals surface area contributed by atoms with Crippen LogP contribution >= 0.6 is 38.9 Å². The van der Waals surface area contributed by atoms with Crippen molar-refractivity contribution in [3.8, 4) is 11.5 Å². The average Bonchev–Trinajstić information content (AvgIpc) is 3.22. The average molecular weight is 632 g/mol. The molecule has 0 aliphatic carbocycles. The van der Waals surface area contributed by atoms with E-state index >= 15 is 0 Å². The number of halogens is 2. The zero-order valence-electron chi connectivity index (χ0n) is 21.8. The van der Waals surface area contributed by atoms with E-state index in [2.05, 4.69) is 22.5 Å². The van der Waals surface area contributed by atoms with E-state index in [0.717, 1.165) is 10.9 Å². The van der Waals surface area contributed by atoms with E-state index in [9.17, 15) is 9.59 Å². The van der Waals surface area contributed by atoms with Gasteiger partial charge in [-0.1, -0.05) is 64.9 Å². The van der Waals surface area contributed by atoms with E-state index in [0.29, 0.717) is 61.3 Å². The van der Waals surface area contributed by atoms with Gasteiger partial charge < -0.3 is 14.2 Å². The van der Waals surface area contributed by atoms with Gasteiger partial charge in [-0.2, -0.15) is 0 Å². The van der Waals surface area contributed by atoms with E-state index in [1.165, 1.54) is 23.0 Å². The van der Waals surface area contributed by atoms with Crippen molar-refractivity contribution in [3.05, 3.63) is 101 Å². The molecule has 39 heavy (non-hydrogen) atoms. The number of allylic oxidation sites excluding steroid dienone is 1. The Kier molecular flexibility index (Phi) is 9.48. The van der Waals surface area contributed by atoms with Crippen LogP contribution in [0.1, 0.15) is 43.9 Å². The van der Waals surface area contributed by atoms with Crippen molar-refractivity contribution in [2.24, 2.45) is 4.99 Å². The maximum Gasteiger partial charge on any atom is 0.338 e. The van der Waals surface area contributed by atoms with Gasteiger partial charge in [-0.15, -0.1) is 0 Å². The van der Waals surface area contributed by atoms with Crippen LogP contribution in [0.3, 0.4) is 0 Å². The number of benzene rings is 2. The molecule has 0 amide bonds. The van der Waals surface area contributed by atoms with E-state index in [1.54, 1.807) is 37.3 Å². The lowest BCUT2D eigenvalue weighted by Crippen LogP contribution is -2.40. The molecule has 204 valence electrons. The van der Waals surface area contributed by atoms with E-state index in [4.69, 9.17) is 30.8 Å². The molecule has 0 fully saturated rings. The lowest BCUT2D eigenvalue weighted by molar-refractivity contribution is -0.139. The molecule has 1 aliphatic heterocycles. The van der Waals surface area contributed by atoms with Gasteiger partial charge in [0.1, 0.15) is 24.1 Å². The first kappa shape index (κ1) is 28.9. The molecule has 1 aromatic heterocycles. The Morgan fingerprint density at radius 3 is 2.69 bits per heavy atom. The van der Waals surface area contributed by atoms with E-state index in [-0.39, 0.29) is 12.2 Å². The summed E-state index contributed by atoms with van der Waals surface area (Å²) in [7, 11) is 1.54. The maximum absolute atomic E-state index is 14.1. The minimum atomic E-state index is -0.836. The highest BCUT2D eigenvalue weighted by Gasteiger charge is 2.36. The SMILES string of the molecule is C=CCOc1ccc(Br)cc1/C=c1/sc2n(c1=O)[C@@H](c1cc(Cl)ccc1OC)C(C(=O)OCC)=C(CCC)N=2. The van der Waals surface area contributed by atoms with Crippen LogP contribution in [0.5, 0.6) is 11.5 Å². The quantitative estimate of drug-likeness (QED) is 0.216. The Balaban J connectivity index is 2.04. The van der Waals surface area contributed by atoms with Crippen molar-refractivity contribution in [1.82, 2.24) is 4.57 Å². The van der Waals surface area contributed by atoms with Gasteiger partial charge in [-0.05, 0) is 55.8 Å². The van der Waals surface area contributed by atoms with Crippen LogP contribution < -0.4 is 24.4 Å². The number of hydrogen-bond acceptors (Lipinski definition) is 7. The predicted octanol–water partition coefficient (Wildman–Crippen LogP) is 5.57. The summed E-state index contributed by atoms with van der Waals surface area (Å²) in [6.45, 7) is 7.96. The fraction of sp³-hybridized carbons (Fsp3) is 0.276. The minimum Gasteiger partial charge on any atom is -0.496 e.